The van der Waals surface area contributed by atoms with Gasteiger partial charge in [0.25, 0.3) is 0 Å². The first-order valence-corrected chi connectivity index (χ1v) is 6.25. The summed E-state index contributed by atoms with van der Waals surface area (Å²) in [6, 6.07) is 7.99. The average molecular weight is 260 g/mol. The van der Waals surface area contributed by atoms with Gasteiger partial charge in [-0.1, -0.05) is 12.1 Å². The van der Waals surface area contributed by atoms with E-state index >= 15 is 0 Å². The van der Waals surface area contributed by atoms with Crippen molar-refractivity contribution >= 4 is 0 Å². The van der Waals surface area contributed by atoms with Gasteiger partial charge in [0.15, 0.2) is 0 Å². The van der Waals surface area contributed by atoms with Gasteiger partial charge in [0, 0.05) is 19.0 Å². The van der Waals surface area contributed by atoms with Crippen LogP contribution in [0.25, 0.3) is 0 Å². The highest BCUT2D eigenvalue weighted by molar-refractivity contribution is 5.28. The summed E-state index contributed by atoms with van der Waals surface area (Å²) in [6.45, 7) is 2.03. The van der Waals surface area contributed by atoms with Gasteiger partial charge in [-0.2, -0.15) is 5.10 Å². The van der Waals surface area contributed by atoms with Crippen LogP contribution in [0.15, 0.2) is 30.6 Å². The minimum absolute atomic E-state index is 0.352. The summed E-state index contributed by atoms with van der Waals surface area (Å²) in [6.07, 6.45) is 3.03. The van der Waals surface area contributed by atoms with E-state index in [1.54, 1.807) is 18.1 Å². The summed E-state index contributed by atoms with van der Waals surface area (Å²) in [5, 5.41) is 4.06. The van der Waals surface area contributed by atoms with Gasteiger partial charge in [-0.3, -0.25) is 4.68 Å². The number of nitrogens with two attached hydrogens (primary N) is 1. The fourth-order valence-corrected chi connectivity index (χ4v) is 2.11. The highest BCUT2D eigenvalue weighted by Crippen LogP contribution is 2.18. The van der Waals surface area contributed by atoms with Crippen molar-refractivity contribution in [3.63, 3.8) is 0 Å². The molecule has 0 bridgehead atoms. The summed E-state index contributed by atoms with van der Waals surface area (Å²) in [5.41, 5.74) is 7.20. The van der Waals surface area contributed by atoms with Crippen molar-refractivity contribution in [3.05, 3.63) is 42.0 Å². The number of aromatic nitrogens is 3. The van der Waals surface area contributed by atoms with E-state index < -0.39 is 0 Å². The van der Waals surface area contributed by atoms with Crippen molar-refractivity contribution in [2.75, 3.05) is 7.11 Å². The molecule has 0 saturated carbocycles. The van der Waals surface area contributed by atoms with E-state index in [2.05, 4.69) is 10.1 Å². The monoisotopic (exact) mass is 260 g/mol. The van der Waals surface area contributed by atoms with E-state index in [1.165, 1.54) is 5.56 Å². The molecule has 2 rings (SSSR count). The van der Waals surface area contributed by atoms with E-state index in [0.717, 1.165) is 18.0 Å². The normalized spacial score (nSPS) is 14.1. The number of nitrogens with zero attached hydrogens (tertiary/aromatic N) is 3. The van der Waals surface area contributed by atoms with Crippen LogP contribution in [0.2, 0.25) is 0 Å². The standard InChI is InChI=1S/C14H20N4O/c1-14(15,9-13-16-10-17-18(13)2)8-11-4-6-12(19-3)7-5-11/h4-7,10H,8-9,15H2,1-3H3. The second-order valence-corrected chi connectivity index (χ2v) is 5.16. The van der Waals surface area contributed by atoms with Gasteiger partial charge in [-0.25, -0.2) is 4.98 Å². The summed E-state index contributed by atoms with van der Waals surface area (Å²) >= 11 is 0. The predicted molar refractivity (Wildman–Crippen MR) is 74.0 cm³/mol. The molecule has 1 unspecified atom stereocenters. The van der Waals surface area contributed by atoms with Crippen molar-refractivity contribution in [2.24, 2.45) is 12.8 Å². The maximum atomic E-state index is 6.37. The molecule has 0 radical (unpaired) electrons. The van der Waals surface area contributed by atoms with E-state index in [-0.39, 0.29) is 5.54 Å². The fraction of sp³-hybridized carbons (Fsp3) is 0.429. The first kappa shape index (κ1) is 13.5. The van der Waals surface area contributed by atoms with Crippen molar-refractivity contribution in [2.45, 2.75) is 25.3 Å². The van der Waals surface area contributed by atoms with Crippen LogP contribution in [0.1, 0.15) is 18.3 Å². The minimum Gasteiger partial charge on any atom is -0.497 e. The number of methoxy groups -OCH3 is 1. The Hall–Kier alpha value is -1.88. The van der Waals surface area contributed by atoms with E-state index in [4.69, 9.17) is 10.5 Å². The molecule has 19 heavy (non-hydrogen) atoms. The van der Waals surface area contributed by atoms with E-state index in [9.17, 15) is 0 Å². The first-order chi connectivity index (χ1) is 9.00. The fourth-order valence-electron chi connectivity index (χ4n) is 2.11. The molecule has 1 heterocycles. The van der Waals surface area contributed by atoms with Crippen molar-refractivity contribution in [3.8, 4) is 5.75 Å². The third-order valence-corrected chi connectivity index (χ3v) is 3.13. The number of benzene rings is 1. The van der Waals surface area contributed by atoms with Crippen LogP contribution in [0.5, 0.6) is 5.75 Å². The minimum atomic E-state index is -0.352. The Bertz CT molecular complexity index is 531. The van der Waals surface area contributed by atoms with Crippen LogP contribution in [0.4, 0.5) is 0 Å². The topological polar surface area (TPSA) is 66.0 Å². The quantitative estimate of drug-likeness (QED) is 0.880. The Morgan fingerprint density at radius 3 is 2.47 bits per heavy atom. The van der Waals surface area contributed by atoms with Crippen LogP contribution in [-0.2, 0) is 19.9 Å². The lowest BCUT2D eigenvalue weighted by Crippen LogP contribution is -2.41. The van der Waals surface area contributed by atoms with E-state index in [1.807, 2.05) is 38.2 Å². The molecule has 0 fully saturated rings. The average Bonchev–Trinajstić information content (AvgIpc) is 2.75. The molecular formula is C14H20N4O. The van der Waals surface area contributed by atoms with Gasteiger partial charge in [0.2, 0.25) is 0 Å². The van der Waals surface area contributed by atoms with Crippen molar-refractivity contribution in [1.29, 1.82) is 0 Å². The molecule has 1 aromatic carbocycles. The molecule has 0 amide bonds. The van der Waals surface area contributed by atoms with Gasteiger partial charge in [0.05, 0.1) is 7.11 Å². The molecule has 1 atom stereocenters. The summed E-state index contributed by atoms with van der Waals surface area (Å²) in [7, 11) is 3.54. The zero-order valence-electron chi connectivity index (χ0n) is 11.6. The summed E-state index contributed by atoms with van der Waals surface area (Å²) in [4.78, 5) is 4.22. The second-order valence-electron chi connectivity index (χ2n) is 5.16. The van der Waals surface area contributed by atoms with Crippen LogP contribution in [0, 0.1) is 0 Å². The molecule has 0 spiro atoms. The third kappa shape index (κ3) is 3.54. The smallest absolute Gasteiger partial charge is 0.138 e. The lowest BCUT2D eigenvalue weighted by Gasteiger charge is -2.24. The summed E-state index contributed by atoms with van der Waals surface area (Å²) in [5.74, 6) is 1.76. The molecule has 0 aliphatic carbocycles. The molecule has 0 saturated heterocycles. The van der Waals surface area contributed by atoms with Crippen LogP contribution in [-0.4, -0.2) is 27.4 Å². The lowest BCUT2D eigenvalue weighted by molar-refractivity contribution is 0.413. The third-order valence-electron chi connectivity index (χ3n) is 3.13. The molecular weight excluding hydrogens is 240 g/mol. The van der Waals surface area contributed by atoms with Crippen molar-refractivity contribution < 1.29 is 4.74 Å². The lowest BCUT2D eigenvalue weighted by atomic mass is 9.90. The Labute approximate surface area is 113 Å². The van der Waals surface area contributed by atoms with Gasteiger partial charge in [-0.05, 0) is 31.0 Å². The van der Waals surface area contributed by atoms with E-state index in [0.29, 0.717) is 6.42 Å². The maximum Gasteiger partial charge on any atom is 0.138 e. The molecule has 5 nitrogen and oxygen atoms in total. The second kappa shape index (κ2) is 5.40. The van der Waals surface area contributed by atoms with Gasteiger partial charge >= 0.3 is 0 Å². The largest absolute Gasteiger partial charge is 0.497 e. The van der Waals surface area contributed by atoms with Gasteiger partial charge in [0.1, 0.15) is 17.9 Å². The van der Waals surface area contributed by atoms with Crippen molar-refractivity contribution in [1.82, 2.24) is 14.8 Å². The van der Waals surface area contributed by atoms with Crippen LogP contribution < -0.4 is 10.5 Å². The first-order valence-electron chi connectivity index (χ1n) is 6.25. The SMILES string of the molecule is COc1ccc(CC(C)(N)Cc2ncnn2C)cc1. The highest BCUT2D eigenvalue weighted by atomic mass is 16.5. The molecule has 0 aliphatic heterocycles. The number of ether oxygens (including phenoxy) is 1. The Morgan fingerprint density at radius 2 is 1.95 bits per heavy atom. The zero-order chi connectivity index (χ0) is 13.9. The van der Waals surface area contributed by atoms with Gasteiger partial charge in [-0.15, -0.1) is 0 Å². The Morgan fingerprint density at radius 1 is 1.26 bits per heavy atom. The molecule has 2 N–H and O–H groups in total. The molecule has 5 heteroatoms. The Balaban J connectivity index is 2.05. The van der Waals surface area contributed by atoms with Crippen LogP contribution in [0.3, 0.4) is 0 Å². The number of hydrogen-bond acceptors (Lipinski definition) is 4. The molecule has 0 aliphatic rings. The number of hydrogen-bond donors (Lipinski definition) is 1. The maximum absolute atomic E-state index is 6.37. The predicted octanol–water partition coefficient (Wildman–Crippen LogP) is 1.33. The molecule has 102 valence electrons. The summed E-state index contributed by atoms with van der Waals surface area (Å²) < 4.78 is 6.91. The number of aryl methyl sites for hydroxylation is 1. The Kier molecular flexibility index (Phi) is 3.85. The zero-order valence-corrected chi connectivity index (χ0v) is 11.6. The van der Waals surface area contributed by atoms with Gasteiger partial charge < -0.3 is 10.5 Å². The van der Waals surface area contributed by atoms with Crippen LogP contribution >= 0.6 is 0 Å². The molecule has 2 aromatic rings. The highest BCUT2D eigenvalue weighted by Gasteiger charge is 2.22. The molecule has 1 aromatic heterocycles. The number of rotatable bonds is 5.